The van der Waals surface area contributed by atoms with E-state index < -0.39 is 17.6 Å². The van der Waals surface area contributed by atoms with Crippen molar-refractivity contribution >= 4 is 5.97 Å². The predicted molar refractivity (Wildman–Crippen MR) is 83.2 cm³/mol. The average Bonchev–Trinajstić information content (AvgIpc) is 2.52. The Hall–Kier alpha value is -2.56. The van der Waals surface area contributed by atoms with E-state index in [1.165, 1.54) is 6.07 Å². The molecule has 1 aromatic carbocycles. The summed E-state index contributed by atoms with van der Waals surface area (Å²) in [5, 5.41) is 0. The van der Waals surface area contributed by atoms with Gasteiger partial charge in [0.2, 0.25) is 0 Å². The van der Waals surface area contributed by atoms with E-state index in [0.29, 0.717) is 17.9 Å². The molecule has 1 heterocycles. The third-order valence-corrected chi connectivity index (χ3v) is 3.36. The Bertz CT molecular complexity index is 721. The van der Waals surface area contributed by atoms with Gasteiger partial charge in [0.25, 0.3) is 5.56 Å². The number of nitrogens with one attached hydrogen (secondary N) is 1. The Morgan fingerprint density at radius 3 is 2.68 bits per heavy atom. The van der Waals surface area contributed by atoms with Gasteiger partial charge in [0.1, 0.15) is 17.4 Å². The second kappa shape index (κ2) is 6.93. The molecule has 0 saturated carbocycles. The highest BCUT2D eigenvalue weighted by Gasteiger charge is 2.19. The van der Waals surface area contributed by atoms with Crippen molar-refractivity contribution in [3.63, 3.8) is 0 Å². The maximum Gasteiger partial charge on any atom is 0.344 e. The zero-order chi connectivity index (χ0) is 16.1. The van der Waals surface area contributed by atoms with Crippen molar-refractivity contribution in [2.45, 2.75) is 26.4 Å². The smallest absolute Gasteiger partial charge is 0.344 e. The molecule has 0 aliphatic carbocycles. The molecule has 1 N–H and O–H groups in total. The van der Waals surface area contributed by atoms with Crippen molar-refractivity contribution in [1.82, 2.24) is 4.98 Å². The molecule has 116 valence electrons. The lowest BCUT2D eigenvalue weighted by Crippen LogP contribution is -2.21. The molecule has 0 aliphatic heterocycles. The first-order valence-corrected chi connectivity index (χ1v) is 7.10. The zero-order valence-electron chi connectivity index (χ0n) is 12.9. The van der Waals surface area contributed by atoms with Crippen LogP contribution in [-0.4, -0.2) is 18.1 Å². The lowest BCUT2D eigenvalue weighted by atomic mass is 10.1. The van der Waals surface area contributed by atoms with E-state index in [-0.39, 0.29) is 5.56 Å². The van der Waals surface area contributed by atoms with Crippen LogP contribution in [-0.2, 0) is 4.74 Å². The van der Waals surface area contributed by atoms with Crippen LogP contribution in [0.4, 0.5) is 0 Å². The van der Waals surface area contributed by atoms with Crippen molar-refractivity contribution in [2.24, 2.45) is 0 Å². The fraction of sp³-hybridized carbons (Fsp3) is 0.294. The number of hydrogen-bond donors (Lipinski definition) is 1. The van der Waals surface area contributed by atoms with Crippen LogP contribution in [0.25, 0.3) is 0 Å². The topological polar surface area (TPSA) is 68.4 Å². The molecule has 1 atom stereocenters. The van der Waals surface area contributed by atoms with Crippen LogP contribution >= 0.6 is 0 Å². The highest BCUT2D eigenvalue weighted by Crippen LogP contribution is 2.25. The van der Waals surface area contributed by atoms with Crippen LogP contribution in [0.3, 0.4) is 0 Å². The SMILES string of the molecule is CC[C@H](OC(=O)c1ccc(C)[nH]c1=O)c1cccc(OC)c1. The number of aromatic amines is 1. The number of H-pyrrole nitrogens is 1. The Labute approximate surface area is 128 Å². The first-order chi connectivity index (χ1) is 10.5. The van der Waals surface area contributed by atoms with Crippen molar-refractivity contribution in [2.75, 3.05) is 7.11 Å². The largest absolute Gasteiger partial charge is 0.497 e. The number of aryl methyl sites for hydroxylation is 1. The van der Waals surface area contributed by atoms with Gasteiger partial charge >= 0.3 is 5.97 Å². The molecule has 5 nitrogen and oxygen atoms in total. The molecule has 0 amide bonds. The average molecular weight is 301 g/mol. The number of benzene rings is 1. The van der Waals surface area contributed by atoms with Gasteiger partial charge in [-0.3, -0.25) is 4.79 Å². The molecule has 1 aromatic heterocycles. The van der Waals surface area contributed by atoms with Gasteiger partial charge in [-0.15, -0.1) is 0 Å². The van der Waals surface area contributed by atoms with Crippen LogP contribution in [0.2, 0.25) is 0 Å². The van der Waals surface area contributed by atoms with E-state index >= 15 is 0 Å². The maximum absolute atomic E-state index is 12.2. The van der Waals surface area contributed by atoms with Gasteiger partial charge in [0.15, 0.2) is 0 Å². The third-order valence-electron chi connectivity index (χ3n) is 3.36. The number of aromatic nitrogens is 1. The number of carbonyl (C=O) groups excluding carboxylic acids is 1. The van der Waals surface area contributed by atoms with Gasteiger partial charge < -0.3 is 14.5 Å². The highest BCUT2D eigenvalue weighted by molar-refractivity contribution is 5.89. The molecule has 0 bridgehead atoms. The molecule has 5 heteroatoms. The van der Waals surface area contributed by atoms with Crippen molar-refractivity contribution in [1.29, 1.82) is 0 Å². The fourth-order valence-corrected chi connectivity index (χ4v) is 2.15. The normalized spacial score (nSPS) is 11.8. The van der Waals surface area contributed by atoms with Gasteiger partial charge in [-0.1, -0.05) is 19.1 Å². The summed E-state index contributed by atoms with van der Waals surface area (Å²) in [4.78, 5) is 26.6. The molecule has 0 aliphatic rings. The predicted octanol–water partition coefficient (Wildman–Crippen LogP) is 3.00. The van der Waals surface area contributed by atoms with E-state index in [0.717, 1.165) is 5.56 Å². The lowest BCUT2D eigenvalue weighted by Gasteiger charge is -2.17. The molecule has 2 rings (SSSR count). The third kappa shape index (κ3) is 3.55. The van der Waals surface area contributed by atoms with Crippen LogP contribution in [0.1, 0.15) is 41.1 Å². The minimum absolute atomic E-state index is 0.00643. The Morgan fingerprint density at radius 2 is 2.05 bits per heavy atom. The lowest BCUT2D eigenvalue weighted by molar-refractivity contribution is 0.0285. The summed E-state index contributed by atoms with van der Waals surface area (Å²) in [6.45, 7) is 3.67. The molecular weight excluding hydrogens is 282 g/mol. The Balaban J connectivity index is 2.22. The first kappa shape index (κ1) is 15.8. The molecule has 0 unspecified atom stereocenters. The van der Waals surface area contributed by atoms with E-state index in [1.807, 2.05) is 31.2 Å². The summed E-state index contributed by atoms with van der Waals surface area (Å²) >= 11 is 0. The van der Waals surface area contributed by atoms with Crippen molar-refractivity contribution in [3.8, 4) is 5.75 Å². The number of rotatable bonds is 5. The van der Waals surface area contributed by atoms with E-state index in [1.54, 1.807) is 20.1 Å². The summed E-state index contributed by atoms with van der Waals surface area (Å²) in [5.74, 6) is 0.0658. The number of pyridine rings is 1. The number of ether oxygens (including phenoxy) is 2. The van der Waals surface area contributed by atoms with Gasteiger partial charge in [0, 0.05) is 5.69 Å². The second-order valence-corrected chi connectivity index (χ2v) is 4.96. The second-order valence-electron chi connectivity index (χ2n) is 4.96. The van der Waals surface area contributed by atoms with Crippen LogP contribution in [0.15, 0.2) is 41.2 Å². The van der Waals surface area contributed by atoms with Crippen molar-refractivity contribution < 1.29 is 14.3 Å². The van der Waals surface area contributed by atoms with Gasteiger partial charge in [-0.05, 0) is 43.2 Å². The first-order valence-electron chi connectivity index (χ1n) is 7.10. The highest BCUT2D eigenvalue weighted by atomic mass is 16.5. The zero-order valence-corrected chi connectivity index (χ0v) is 12.9. The number of esters is 1. The van der Waals surface area contributed by atoms with Crippen LogP contribution < -0.4 is 10.3 Å². The summed E-state index contributed by atoms with van der Waals surface area (Å²) < 4.78 is 10.7. The summed E-state index contributed by atoms with van der Waals surface area (Å²) in [6, 6.07) is 10.5. The standard InChI is InChI=1S/C17H19NO4/c1-4-15(12-6-5-7-13(10-12)21-3)22-17(20)14-9-8-11(2)18-16(14)19/h5-10,15H,4H2,1-3H3,(H,18,19)/t15-/m0/s1. The Morgan fingerprint density at radius 1 is 1.27 bits per heavy atom. The molecule has 0 spiro atoms. The van der Waals surface area contributed by atoms with E-state index in [2.05, 4.69) is 4.98 Å². The maximum atomic E-state index is 12.2. The molecule has 0 radical (unpaired) electrons. The van der Waals surface area contributed by atoms with Gasteiger partial charge in [-0.2, -0.15) is 0 Å². The molecule has 2 aromatic rings. The number of carbonyl (C=O) groups is 1. The van der Waals surface area contributed by atoms with E-state index in [4.69, 9.17) is 9.47 Å². The molecule has 0 fully saturated rings. The molecule has 22 heavy (non-hydrogen) atoms. The summed E-state index contributed by atoms with van der Waals surface area (Å²) in [7, 11) is 1.58. The van der Waals surface area contributed by atoms with Crippen LogP contribution in [0.5, 0.6) is 5.75 Å². The van der Waals surface area contributed by atoms with Gasteiger partial charge in [-0.25, -0.2) is 4.79 Å². The van der Waals surface area contributed by atoms with Crippen LogP contribution in [0, 0.1) is 6.92 Å². The molecular formula is C17H19NO4. The molecule has 0 saturated heterocycles. The summed E-state index contributed by atoms with van der Waals surface area (Å²) in [5.41, 5.74) is 1.09. The number of hydrogen-bond acceptors (Lipinski definition) is 4. The van der Waals surface area contributed by atoms with Crippen molar-refractivity contribution in [3.05, 3.63) is 63.6 Å². The minimum Gasteiger partial charge on any atom is -0.497 e. The monoisotopic (exact) mass is 301 g/mol. The number of methoxy groups -OCH3 is 1. The fourth-order valence-electron chi connectivity index (χ4n) is 2.15. The minimum atomic E-state index is -0.629. The summed E-state index contributed by atoms with van der Waals surface area (Å²) in [6.07, 6.45) is 0.172. The Kier molecular flexibility index (Phi) is 4.99. The quantitative estimate of drug-likeness (QED) is 0.862. The van der Waals surface area contributed by atoms with Gasteiger partial charge in [0.05, 0.1) is 7.11 Å². The van der Waals surface area contributed by atoms with E-state index in [9.17, 15) is 9.59 Å².